The number of benzene rings is 2. The van der Waals surface area contributed by atoms with E-state index in [-0.39, 0.29) is 5.91 Å². The summed E-state index contributed by atoms with van der Waals surface area (Å²) in [7, 11) is 1.67. The van der Waals surface area contributed by atoms with E-state index in [1.165, 1.54) is 5.56 Å². The van der Waals surface area contributed by atoms with Gasteiger partial charge >= 0.3 is 0 Å². The van der Waals surface area contributed by atoms with Crippen molar-refractivity contribution in [1.82, 2.24) is 9.78 Å². The Balaban J connectivity index is 1.43. The third-order valence-corrected chi connectivity index (χ3v) is 5.28. The van der Waals surface area contributed by atoms with Crippen molar-refractivity contribution in [3.05, 3.63) is 70.9 Å². The Morgan fingerprint density at radius 1 is 1.24 bits per heavy atom. The lowest BCUT2D eigenvalue weighted by molar-refractivity contribution is -0.115. The van der Waals surface area contributed by atoms with Gasteiger partial charge in [0.15, 0.2) is 0 Å². The first-order chi connectivity index (χ1) is 14.1. The molecule has 29 heavy (non-hydrogen) atoms. The molecule has 1 aliphatic rings. The summed E-state index contributed by atoms with van der Waals surface area (Å²) in [5.41, 5.74) is 3.34. The number of carbonyl (C=O) groups is 1. The SMILES string of the molecule is COc1ccc2c(c1)CCCN2CC(=O)Nc1ccnn1Cc1cccc(Cl)c1. The molecule has 2 aromatic carbocycles. The molecule has 7 heteroatoms. The Bertz CT molecular complexity index is 1020. The van der Waals surface area contributed by atoms with E-state index >= 15 is 0 Å². The third kappa shape index (κ3) is 4.54. The summed E-state index contributed by atoms with van der Waals surface area (Å²) in [5, 5.41) is 8.00. The fourth-order valence-corrected chi connectivity index (χ4v) is 3.88. The Kier molecular flexibility index (Phi) is 5.71. The molecule has 3 aromatic rings. The molecule has 1 N–H and O–H groups in total. The predicted octanol–water partition coefficient (Wildman–Crippen LogP) is 3.98. The summed E-state index contributed by atoms with van der Waals surface area (Å²) >= 11 is 6.07. The van der Waals surface area contributed by atoms with E-state index in [2.05, 4.69) is 21.4 Å². The first-order valence-electron chi connectivity index (χ1n) is 9.60. The number of hydrogen-bond donors (Lipinski definition) is 1. The number of anilines is 2. The molecular formula is C22H23ClN4O2. The van der Waals surface area contributed by atoms with Crippen LogP contribution in [-0.4, -0.2) is 35.9 Å². The molecule has 0 atom stereocenters. The molecule has 1 aliphatic heterocycles. The van der Waals surface area contributed by atoms with Crippen molar-refractivity contribution in [2.75, 3.05) is 30.4 Å². The number of methoxy groups -OCH3 is 1. The van der Waals surface area contributed by atoms with E-state index in [4.69, 9.17) is 16.3 Å². The largest absolute Gasteiger partial charge is 0.497 e. The highest BCUT2D eigenvalue weighted by Gasteiger charge is 2.20. The number of carbonyl (C=O) groups excluding carboxylic acids is 1. The maximum absolute atomic E-state index is 12.7. The normalized spacial score (nSPS) is 13.1. The zero-order valence-corrected chi connectivity index (χ0v) is 17.0. The van der Waals surface area contributed by atoms with Gasteiger partial charge in [0.1, 0.15) is 11.6 Å². The topological polar surface area (TPSA) is 59.4 Å². The fraction of sp³-hybridized carbons (Fsp3) is 0.273. The van der Waals surface area contributed by atoms with E-state index in [1.807, 2.05) is 36.4 Å². The van der Waals surface area contributed by atoms with Gasteiger partial charge in [0, 0.05) is 23.3 Å². The molecule has 0 radical (unpaired) electrons. The molecule has 0 saturated carbocycles. The van der Waals surface area contributed by atoms with Gasteiger partial charge in [0.2, 0.25) is 5.91 Å². The molecule has 0 fully saturated rings. The van der Waals surface area contributed by atoms with Crippen LogP contribution in [0.15, 0.2) is 54.7 Å². The van der Waals surface area contributed by atoms with Gasteiger partial charge in [-0.15, -0.1) is 0 Å². The highest BCUT2D eigenvalue weighted by atomic mass is 35.5. The van der Waals surface area contributed by atoms with Crippen molar-refractivity contribution in [3.63, 3.8) is 0 Å². The van der Waals surface area contributed by atoms with Crippen LogP contribution >= 0.6 is 11.6 Å². The van der Waals surface area contributed by atoms with Crippen LogP contribution < -0.4 is 15.0 Å². The lowest BCUT2D eigenvalue weighted by Gasteiger charge is -2.31. The van der Waals surface area contributed by atoms with Crippen molar-refractivity contribution in [3.8, 4) is 5.75 Å². The van der Waals surface area contributed by atoms with Crippen LogP contribution in [0.1, 0.15) is 17.5 Å². The number of nitrogens with one attached hydrogen (secondary N) is 1. The summed E-state index contributed by atoms with van der Waals surface area (Å²) in [4.78, 5) is 14.8. The fourth-order valence-electron chi connectivity index (χ4n) is 3.67. The van der Waals surface area contributed by atoms with Crippen LogP contribution in [0.5, 0.6) is 5.75 Å². The molecule has 0 aliphatic carbocycles. The summed E-state index contributed by atoms with van der Waals surface area (Å²) in [5.74, 6) is 1.45. The second kappa shape index (κ2) is 8.57. The van der Waals surface area contributed by atoms with E-state index < -0.39 is 0 Å². The molecule has 6 nitrogen and oxygen atoms in total. The van der Waals surface area contributed by atoms with Gasteiger partial charge in [-0.1, -0.05) is 23.7 Å². The van der Waals surface area contributed by atoms with Crippen LogP contribution in [0.2, 0.25) is 5.02 Å². The molecule has 1 amide bonds. The van der Waals surface area contributed by atoms with Crippen molar-refractivity contribution < 1.29 is 9.53 Å². The number of nitrogens with zero attached hydrogens (tertiary/aromatic N) is 3. The maximum atomic E-state index is 12.7. The maximum Gasteiger partial charge on any atom is 0.245 e. The molecule has 0 saturated heterocycles. The van der Waals surface area contributed by atoms with Gasteiger partial charge in [-0.05, 0) is 54.3 Å². The molecule has 4 rings (SSSR count). The number of ether oxygens (including phenoxy) is 1. The number of hydrogen-bond acceptors (Lipinski definition) is 4. The number of fused-ring (bicyclic) bond motifs is 1. The number of amides is 1. The van der Waals surface area contributed by atoms with Gasteiger partial charge in [0.25, 0.3) is 0 Å². The lowest BCUT2D eigenvalue weighted by Crippen LogP contribution is -2.37. The standard InChI is InChI=1S/C22H23ClN4O2/c1-29-19-7-8-20-17(13-19)5-3-11-26(20)15-22(28)25-21-9-10-24-27(21)14-16-4-2-6-18(23)12-16/h2,4,6-10,12-13H,3,5,11,14-15H2,1H3,(H,25,28). The molecule has 0 spiro atoms. The van der Waals surface area contributed by atoms with Gasteiger partial charge in [0.05, 0.1) is 26.4 Å². The van der Waals surface area contributed by atoms with Crippen LogP contribution in [0, 0.1) is 0 Å². The summed E-state index contributed by atoms with van der Waals surface area (Å²) < 4.78 is 7.08. The second-order valence-corrected chi connectivity index (χ2v) is 7.51. The minimum atomic E-state index is -0.0680. The smallest absolute Gasteiger partial charge is 0.245 e. The predicted molar refractivity (Wildman–Crippen MR) is 115 cm³/mol. The molecule has 1 aromatic heterocycles. The van der Waals surface area contributed by atoms with E-state index in [1.54, 1.807) is 24.1 Å². The minimum Gasteiger partial charge on any atom is -0.497 e. The Labute approximate surface area is 175 Å². The quantitative estimate of drug-likeness (QED) is 0.667. The zero-order chi connectivity index (χ0) is 20.2. The number of rotatable bonds is 6. The van der Waals surface area contributed by atoms with Crippen LogP contribution in [0.4, 0.5) is 11.5 Å². The van der Waals surface area contributed by atoms with Crippen molar-refractivity contribution in [1.29, 1.82) is 0 Å². The van der Waals surface area contributed by atoms with Crippen molar-refractivity contribution in [2.24, 2.45) is 0 Å². The first kappa shape index (κ1) is 19.3. The lowest BCUT2D eigenvalue weighted by atomic mass is 10.0. The van der Waals surface area contributed by atoms with Gasteiger partial charge in [-0.2, -0.15) is 5.10 Å². The second-order valence-electron chi connectivity index (χ2n) is 7.07. The van der Waals surface area contributed by atoms with Gasteiger partial charge in [-0.25, -0.2) is 4.68 Å². The first-order valence-corrected chi connectivity index (χ1v) is 9.98. The molecular weight excluding hydrogens is 388 g/mol. The average molecular weight is 411 g/mol. The summed E-state index contributed by atoms with van der Waals surface area (Å²) in [6.45, 7) is 1.69. The molecule has 0 unspecified atom stereocenters. The van der Waals surface area contributed by atoms with Gasteiger partial charge in [-0.3, -0.25) is 4.79 Å². The Morgan fingerprint density at radius 3 is 2.97 bits per heavy atom. The van der Waals surface area contributed by atoms with Crippen LogP contribution in [0.25, 0.3) is 0 Å². The highest BCUT2D eigenvalue weighted by molar-refractivity contribution is 6.30. The average Bonchev–Trinajstić information content (AvgIpc) is 3.14. The monoisotopic (exact) mass is 410 g/mol. The highest BCUT2D eigenvalue weighted by Crippen LogP contribution is 2.30. The minimum absolute atomic E-state index is 0.0680. The van der Waals surface area contributed by atoms with Crippen molar-refractivity contribution in [2.45, 2.75) is 19.4 Å². The van der Waals surface area contributed by atoms with Gasteiger partial charge < -0.3 is 15.0 Å². The third-order valence-electron chi connectivity index (χ3n) is 5.04. The van der Waals surface area contributed by atoms with E-state index in [9.17, 15) is 4.79 Å². The molecule has 0 bridgehead atoms. The van der Waals surface area contributed by atoms with Crippen molar-refractivity contribution >= 4 is 29.0 Å². The summed E-state index contributed by atoms with van der Waals surface area (Å²) in [6, 6.07) is 15.5. The van der Waals surface area contributed by atoms with Crippen LogP contribution in [-0.2, 0) is 17.8 Å². The Morgan fingerprint density at radius 2 is 2.14 bits per heavy atom. The summed E-state index contributed by atoms with van der Waals surface area (Å²) in [6.07, 6.45) is 3.69. The number of aryl methyl sites for hydroxylation is 1. The molecule has 150 valence electrons. The van der Waals surface area contributed by atoms with E-state index in [0.717, 1.165) is 36.4 Å². The van der Waals surface area contributed by atoms with Crippen LogP contribution in [0.3, 0.4) is 0 Å². The number of aromatic nitrogens is 2. The zero-order valence-electron chi connectivity index (χ0n) is 16.3. The van der Waals surface area contributed by atoms with E-state index in [0.29, 0.717) is 23.9 Å². The number of halogens is 1. The Hall–Kier alpha value is -2.99. The molecule has 2 heterocycles.